The summed E-state index contributed by atoms with van der Waals surface area (Å²) in [5, 5.41) is 0. The van der Waals surface area contributed by atoms with Crippen molar-refractivity contribution >= 4 is 5.69 Å². The summed E-state index contributed by atoms with van der Waals surface area (Å²) in [7, 11) is 2.01. The number of fused-ring (bicyclic) bond motifs is 1. The number of rotatable bonds is 0. The molecule has 1 aliphatic rings. The molecule has 2 heteroatoms. The summed E-state index contributed by atoms with van der Waals surface area (Å²) in [5.74, 6) is -0.137. The molecule has 0 atom stereocenters. The summed E-state index contributed by atoms with van der Waals surface area (Å²) < 4.78 is 12.8. The maximum Gasteiger partial charge on any atom is 0.125 e. The average molecular weight is 209 g/mol. The van der Waals surface area contributed by atoms with E-state index in [9.17, 15) is 4.39 Å². The first-order valence-electron chi connectivity index (χ1n) is 5.68. The third-order valence-corrected chi connectivity index (χ3v) is 2.40. The van der Waals surface area contributed by atoms with E-state index >= 15 is 0 Å². The van der Waals surface area contributed by atoms with Gasteiger partial charge in [-0.25, -0.2) is 4.39 Å². The molecule has 0 bridgehead atoms. The Morgan fingerprint density at radius 2 is 2.00 bits per heavy atom. The number of hydrogen-bond acceptors (Lipinski definition) is 1. The van der Waals surface area contributed by atoms with E-state index in [0.29, 0.717) is 0 Å². The van der Waals surface area contributed by atoms with Crippen molar-refractivity contribution in [1.29, 1.82) is 0 Å². The lowest BCUT2D eigenvalue weighted by atomic mass is 10.0. The van der Waals surface area contributed by atoms with Crippen molar-refractivity contribution in [3.63, 3.8) is 0 Å². The molecular formula is C13H20FN. The molecule has 0 unspecified atom stereocenters. The fourth-order valence-electron chi connectivity index (χ4n) is 1.73. The lowest BCUT2D eigenvalue weighted by molar-refractivity contribution is 0.623. The topological polar surface area (TPSA) is 3.24 Å². The third kappa shape index (κ3) is 3.22. The standard InChI is InChI=1S/C10H12FN.C3H8/c1-12-6-2-3-8-4-5-9(11)7-10(8)12;1-3-2/h4-5,7H,2-3,6H2,1H3;3H2,1-2H3. The summed E-state index contributed by atoms with van der Waals surface area (Å²) in [6.07, 6.45) is 3.51. The molecule has 0 spiro atoms. The molecule has 0 aliphatic carbocycles. The lowest BCUT2D eigenvalue weighted by Gasteiger charge is -2.27. The molecule has 1 aromatic rings. The van der Waals surface area contributed by atoms with E-state index in [-0.39, 0.29) is 5.82 Å². The summed E-state index contributed by atoms with van der Waals surface area (Å²) in [4.78, 5) is 2.11. The van der Waals surface area contributed by atoms with Crippen molar-refractivity contribution in [1.82, 2.24) is 0 Å². The number of benzene rings is 1. The fraction of sp³-hybridized carbons (Fsp3) is 0.538. The number of hydrogen-bond donors (Lipinski definition) is 0. The van der Waals surface area contributed by atoms with Gasteiger partial charge in [0.2, 0.25) is 0 Å². The van der Waals surface area contributed by atoms with E-state index in [0.717, 1.165) is 18.7 Å². The highest BCUT2D eigenvalue weighted by Gasteiger charge is 2.13. The quantitative estimate of drug-likeness (QED) is 0.630. The Balaban J connectivity index is 0.000000337. The van der Waals surface area contributed by atoms with Gasteiger partial charge in [0.05, 0.1) is 0 Å². The van der Waals surface area contributed by atoms with Crippen LogP contribution >= 0.6 is 0 Å². The molecule has 0 saturated heterocycles. The van der Waals surface area contributed by atoms with Crippen molar-refractivity contribution in [2.45, 2.75) is 33.1 Å². The predicted octanol–water partition coefficient (Wildman–Crippen LogP) is 3.62. The number of anilines is 1. The van der Waals surface area contributed by atoms with Crippen molar-refractivity contribution in [3.8, 4) is 0 Å². The summed E-state index contributed by atoms with van der Waals surface area (Å²) >= 11 is 0. The Bertz CT molecular complexity index is 309. The zero-order valence-corrected chi connectivity index (χ0v) is 9.89. The molecule has 15 heavy (non-hydrogen) atoms. The molecule has 0 radical (unpaired) electrons. The molecule has 1 heterocycles. The van der Waals surface area contributed by atoms with Crippen molar-refractivity contribution in [3.05, 3.63) is 29.6 Å². The largest absolute Gasteiger partial charge is 0.374 e. The van der Waals surface area contributed by atoms with Gasteiger partial charge in [-0.2, -0.15) is 0 Å². The first-order chi connectivity index (χ1) is 7.19. The van der Waals surface area contributed by atoms with Gasteiger partial charge in [0.15, 0.2) is 0 Å². The molecule has 0 aromatic heterocycles. The molecule has 2 rings (SSSR count). The van der Waals surface area contributed by atoms with E-state index in [2.05, 4.69) is 18.7 Å². The van der Waals surface area contributed by atoms with Gasteiger partial charge >= 0.3 is 0 Å². The highest BCUT2D eigenvalue weighted by molar-refractivity contribution is 5.54. The Kier molecular flexibility index (Phi) is 4.60. The average Bonchev–Trinajstić information content (AvgIpc) is 2.21. The van der Waals surface area contributed by atoms with Crippen molar-refractivity contribution < 1.29 is 4.39 Å². The highest BCUT2D eigenvalue weighted by Crippen LogP contribution is 2.26. The second-order valence-electron chi connectivity index (χ2n) is 4.01. The summed E-state index contributed by atoms with van der Waals surface area (Å²) in [6, 6.07) is 5.05. The van der Waals surface area contributed by atoms with Crippen LogP contribution in [0.3, 0.4) is 0 Å². The normalized spacial score (nSPS) is 14.0. The SMILES string of the molecule is CCC.CN1CCCc2ccc(F)cc21. The molecule has 0 fully saturated rings. The minimum absolute atomic E-state index is 0.137. The van der Waals surface area contributed by atoms with Gasteiger partial charge in [0.1, 0.15) is 5.82 Å². The zero-order chi connectivity index (χ0) is 11.3. The second-order valence-corrected chi connectivity index (χ2v) is 4.01. The Hall–Kier alpha value is -1.05. The van der Waals surface area contributed by atoms with Crippen LogP contribution in [0, 0.1) is 5.82 Å². The molecule has 0 N–H and O–H groups in total. The Morgan fingerprint density at radius 1 is 1.33 bits per heavy atom. The van der Waals surface area contributed by atoms with E-state index in [1.807, 2.05) is 13.1 Å². The monoisotopic (exact) mass is 209 g/mol. The molecule has 0 amide bonds. The molecule has 1 nitrogen and oxygen atoms in total. The smallest absolute Gasteiger partial charge is 0.125 e. The van der Waals surface area contributed by atoms with Crippen LogP contribution < -0.4 is 4.90 Å². The number of nitrogens with zero attached hydrogens (tertiary/aromatic N) is 1. The van der Waals surface area contributed by atoms with Gasteiger partial charge in [0, 0.05) is 19.3 Å². The molecule has 84 valence electrons. The lowest BCUT2D eigenvalue weighted by Crippen LogP contribution is -2.24. The van der Waals surface area contributed by atoms with Crippen LogP contribution in [0.4, 0.5) is 10.1 Å². The van der Waals surface area contributed by atoms with E-state index in [4.69, 9.17) is 0 Å². The van der Waals surface area contributed by atoms with Gasteiger partial charge in [-0.1, -0.05) is 26.3 Å². The maximum atomic E-state index is 12.8. The molecule has 0 saturated carbocycles. The van der Waals surface area contributed by atoms with Crippen molar-refractivity contribution in [2.75, 3.05) is 18.5 Å². The van der Waals surface area contributed by atoms with E-state index in [1.54, 1.807) is 6.07 Å². The third-order valence-electron chi connectivity index (χ3n) is 2.40. The van der Waals surface area contributed by atoms with Gasteiger partial charge in [-0.15, -0.1) is 0 Å². The van der Waals surface area contributed by atoms with Gasteiger partial charge in [-0.3, -0.25) is 0 Å². The van der Waals surface area contributed by atoms with Gasteiger partial charge < -0.3 is 4.90 Å². The van der Waals surface area contributed by atoms with Crippen LogP contribution in [0.1, 0.15) is 32.3 Å². The van der Waals surface area contributed by atoms with Gasteiger partial charge in [0.25, 0.3) is 0 Å². The highest BCUT2D eigenvalue weighted by atomic mass is 19.1. The minimum atomic E-state index is -0.137. The van der Waals surface area contributed by atoms with E-state index < -0.39 is 0 Å². The summed E-state index contributed by atoms with van der Waals surface area (Å²) in [6.45, 7) is 5.29. The summed E-state index contributed by atoms with van der Waals surface area (Å²) in [5.41, 5.74) is 2.33. The van der Waals surface area contributed by atoms with Crippen molar-refractivity contribution in [2.24, 2.45) is 0 Å². The van der Waals surface area contributed by atoms with E-state index in [1.165, 1.54) is 24.5 Å². The first kappa shape index (κ1) is 12.0. The number of aryl methyl sites for hydroxylation is 1. The molecular weight excluding hydrogens is 189 g/mol. The van der Waals surface area contributed by atoms with Crippen LogP contribution in [-0.4, -0.2) is 13.6 Å². The van der Waals surface area contributed by atoms with Crippen LogP contribution in [0.15, 0.2) is 18.2 Å². The predicted molar refractivity (Wildman–Crippen MR) is 64.0 cm³/mol. The number of halogens is 1. The van der Waals surface area contributed by atoms with Crippen LogP contribution in [0.5, 0.6) is 0 Å². The van der Waals surface area contributed by atoms with Crippen LogP contribution in [0.25, 0.3) is 0 Å². The second kappa shape index (κ2) is 5.74. The first-order valence-corrected chi connectivity index (χ1v) is 5.68. The zero-order valence-electron chi connectivity index (χ0n) is 9.89. The maximum absolute atomic E-state index is 12.8. The minimum Gasteiger partial charge on any atom is -0.374 e. The van der Waals surface area contributed by atoms with Crippen LogP contribution in [0.2, 0.25) is 0 Å². The van der Waals surface area contributed by atoms with Gasteiger partial charge in [-0.05, 0) is 30.5 Å². The molecule has 1 aliphatic heterocycles. The Morgan fingerprint density at radius 3 is 2.67 bits per heavy atom. The van der Waals surface area contributed by atoms with Crippen LogP contribution in [-0.2, 0) is 6.42 Å². The fourth-order valence-corrected chi connectivity index (χ4v) is 1.73. The Labute approximate surface area is 91.9 Å². The molecule has 1 aromatic carbocycles.